The van der Waals surface area contributed by atoms with Crippen LogP contribution in [0.25, 0.3) is 11.4 Å². The second-order valence-corrected chi connectivity index (χ2v) is 12.5. The van der Waals surface area contributed by atoms with Gasteiger partial charge in [0.15, 0.2) is 17.3 Å². The number of benzene rings is 1. The zero-order valence-electron chi connectivity index (χ0n) is 25.5. The van der Waals surface area contributed by atoms with E-state index < -0.39 is 34.5 Å². The van der Waals surface area contributed by atoms with Crippen molar-refractivity contribution >= 4 is 40.5 Å². The molecule has 48 heavy (non-hydrogen) atoms. The van der Waals surface area contributed by atoms with Gasteiger partial charge in [-0.05, 0) is 56.4 Å². The second kappa shape index (κ2) is 11.7. The van der Waals surface area contributed by atoms with Gasteiger partial charge in [0.2, 0.25) is 11.7 Å². The van der Waals surface area contributed by atoms with Crippen LogP contribution in [0.1, 0.15) is 58.1 Å². The Hall–Kier alpha value is -4.83. The molecular formula is C31H28ClF3N8O5. The number of aromatic hydroxyl groups is 1. The molecule has 1 aliphatic carbocycles. The van der Waals surface area contributed by atoms with Crippen molar-refractivity contribution in [3.8, 4) is 5.75 Å². The smallest absolute Gasteiger partial charge is 0.416 e. The maximum Gasteiger partial charge on any atom is 0.416 e. The Kier molecular flexibility index (Phi) is 7.74. The van der Waals surface area contributed by atoms with Crippen LogP contribution in [0.15, 0.2) is 35.4 Å². The first-order valence-electron chi connectivity index (χ1n) is 15.1. The average molecular weight is 685 g/mol. The van der Waals surface area contributed by atoms with Gasteiger partial charge in [0.1, 0.15) is 12.9 Å². The summed E-state index contributed by atoms with van der Waals surface area (Å²) < 4.78 is 47.7. The Labute approximate surface area is 275 Å². The lowest BCUT2D eigenvalue weighted by Gasteiger charge is -2.25. The van der Waals surface area contributed by atoms with Crippen LogP contribution in [-0.4, -0.2) is 77.3 Å². The monoisotopic (exact) mass is 684 g/mol. The van der Waals surface area contributed by atoms with E-state index in [9.17, 15) is 32.7 Å². The summed E-state index contributed by atoms with van der Waals surface area (Å²) in [5.74, 6) is -0.980. The van der Waals surface area contributed by atoms with Crippen molar-refractivity contribution in [1.82, 2.24) is 34.0 Å². The van der Waals surface area contributed by atoms with Gasteiger partial charge in [0.25, 0.3) is 11.5 Å². The van der Waals surface area contributed by atoms with E-state index in [0.717, 1.165) is 23.8 Å². The molecule has 2 amide bonds. The summed E-state index contributed by atoms with van der Waals surface area (Å²) >= 11 is 6.10. The number of nitrogens with zero attached hydrogens (tertiary/aromatic N) is 7. The van der Waals surface area contributed by atoms with Gasteiger partial charge in [0, 0.05) is 29.8 Å². The first-order chi connectivity index (χ1) is 22.9. The van der Waals surface area contributed by atoms with E-state index in [1.54, 1.807) is 16.4 Å². The van der Waals surface area contributed by atoms with Gasteiger partial charge < -0.3 is 24.6 Å². The predicted octanol–water partition coefficient (Wildman–Crippen LogP) is 3.54. The average Bonchev–Trinajstić information content (AvgIpc) is 3.79. The summed E-state index contributed by atoms with van der Waals surface area (Å²) in [4.78, 5) is 55.3. The van der Waals surface area contributed by atoms with E-state index >= 15 is 0 Å². The minimum Gasteiger partial charge on any atom is -0.504 e. The van der Waals surface area contributed by atoms with E-state index in [1.807, 2.05) is 6.08 Å². The molecule has 13 nitrogen and oxygen atoms in total. The number of nitrogens with one attached hydrogen (secondary N) is 1. The number of ether oxygens (including phenoxy) is 1. The second-order valence-electron chi connectivity index (χ2n) is 12.1. The molecule has 4 aromatic rings. The van der Waals surface area contributed by atoms with Crippen LogP contribution < -0.4 is 10.9 Å². The predicted molar refractivity (Wildman–Crippen MR) is 165 cm³/mol. The summed E-state index contributed by atoms with van der Waals surface area (Å²) in [6, 6.07) is 2.64. The molecule has 1 unspecified atom stereocenters. The number of alkyl halides is 3. The fourth-order valence-electron chi connectivity index (χ4n) is 6.76. The Balaban J connectivity index is 1.27. The van der Waals surface area contributed by atoms with Crippen molar-refractivity contribution in [2.24, 2.45) is 0 Å². The van der Waals surface area contributed by atoms with E-state index in [1.165, 1.54) is 10.8 Å². The lowest BCUT2D eigenvalue weighted by atomic mass is 9.82. The number of aromatic nitrogens is 6. The highest BCUT2D eigenvalue weighted by molar-refractivity contribution is 6.33. The van der Waals surface area contributed by atoms with Crippen LogP contribution in [0.5, 0.6) is 5.75 Å². The van der Waals surface area contributed by atoms with Crippen molar-refractivity contribution in [2.45, 2.75) is 50.7 Å². The summed E-state index contributed by atoms with van der Waals surface area (Å²) in [6.07, 6.45) is 0.256. The van der Waals surface area contributed by atoms with Crippen molar-refractivity contribution in [2.75, 3.05) is 31.6 Å². The fraction of sp³-hybridized carbons (Fsp3) is 0.387. The van der Waals surface area contributed by atoms with E-state index in [0.29, 0.717) is 62.5 Å². The molecule has 3 aliphatic rings. The Bertz CT molecular complexity index is 2090. The van der Waals surface area contributed by atoms with Gasteiger partial charge in [-0.3, -0.25) is 14.4 Å². The van der Waals surface area contributed by atoms with Gasteiger partial charge in [-0.25, -0.2) is 9.97 Å². The highest BCUT2D eigenvalue weighted by Crippen LogP contribution is 2.45. The number of carbonyl (C=O) groups is 2. The molecule has 2 aliphatic heterocycles. The molecule has 1 atom stereocenters. The highest BCUT2D eigenvalue weighted by Gasteiger charge is 2.49. The van der Waals surface area contributed by atoms with Gasteiger partial charge in [-0.15, -0.1) is 5.10 Å². The van der Waals surface area contributed by atoms with E-state index in [4.69, 9.17) is 16.3 Å². The van der Waals surface area contributed by atoms with Crippen LogP contribution in [-0.2, 0) is 34.1 Å². The van der Waals surface area contributed by atoms with E-state index in [2.05, 4.69) is 25.4 Å². The van der Waals surface area contributed by atoms with Crippen molar-refractivity contribution in [1.29, 1.82) is 0 Å². The zero-order valence-corrected chi connectivity index (χ0v) is 26.2. The van der Waals surface area contributed by atoms with Crippen LogP contribution in [0.2, 0.25) is 5.02 Å². The van der Waals surface area contributed by atoms with Gasteiger partial charge >= 0.3 is 6.18 Å². The zero-order chi connectivity index (χ0) is 34.0. The number of rotatable bonds is 5. The molecule has 5 heterocycles. The molecule has 0 radical (unpaired) electrons. The maximum absolute atomic E-state index is 14.2. The molecule has 17 heteroatoms. The van der Waals surface area contributed by atoms with Crippen LogP contribution in [0.3, 0.4) is 0 Å². The quantitative estimate of drug-likeness (QED) is 0.321. The number of likely N-dealkylation sites (tertiary alicyclic amines) is 1. The maximum atomic E-state index is 14.2. The van der Waals surface area contributed by atoms with Crippen LogP contribution >= 0.6 is 11.6 Å². The SMILES string of the molecule is Cc1ncnc(C(=O)N2CCC3(CCc4c3c(=O)n3nc(C5=CCOCC5)nc3n4CC(=O)Nc3ccc(C(F)(F)F)cc3Cl)C2)c1O. The van der Waals surface area contributed by atoms with Crippen molar-refractivity contribution in [3.63, 3.8) is 0 Å². The molecule has 1 fully saturated rings. The largest absolute Gasteiger partial charge is 0.504 e. The van der Waals surface area contributed by atoms with Gasteiger partial charge in [-0.2, -0.15) is 22.7 Å². The van der Waals surface area contributed by atoms with Gasteiger partial charge in [0.05, 0.1) is 35.2 Å². The summed E-state index contributed by atoms with van der Waals surface area (Å²) in [7, 11) is 0. The topological polar surface area (TPSA) is 157 Å². The Morgan fingerprint density at radius 3 is 2.73 bits per heavy atom. The van der Waals surface area contributed by atoms with E-state index in [-0.39, 0.29) is 46.7 Å². The lowest BCUT2D eigenvalue weighted by Crippen LogP contribution is -2.38. The standard InChI is InChI=1S/C31H28ClF3N8O5/c1-16-25(45)24(37-15-36-16)28(47)41-9-8-30(14-41)7-4-21-23(30)27(46)43-29(39-26(40-43)17-5-10-48-11-6-17)42(21)13-22(44)38-20-3-2-18(12-19(20)32)31(33,34)35/h2-3,5,12,15,45H,4,6-11,13-14H2,1H3,(H,38,44). The molecule has 250 valence electrons. The third-order valence-electron chi connectivity index (χ3n) is 9.19. The normalized spacial score (nSPS) is 19.2. The fourth-order valence-corrected chi connectivity index (χ4v) is 6.99. The van der Waals surface area contributed by atoms with Crippen molar-refractivity contribution in [3.05, 3.63) is 80.0 Å². The number of halogens is 4. The number of hydrogen-bond acceptors (Lipinski definition) is 9. The molecule has 1 spiro atoms. The number of anilines is 1. The Morgan fingerprint density at radius 2 is 2.00 bits per heavy atom. The number of amides is 2. The van der Waals surface area contributed by atoms with Crippen molar-refractivity contribution < 1.29 is 32.6 Å². The molecule has 0 bridgehead atoms. The molecule has 3 aromatic heterocycles. The lowest BCUT2D eigenvalue weighted by molar-refractivity contribution is -0.137. The van der Waals surface area contributed by atoms with Gasteiger partial charge in [-0.1, -0.05) is 17.7 Å². The molecule has 2 N–H and O–H groups in total. The number of carbonyl (C=O) groups excluding carboxylic acids is 2. The number of fused-ring (bicyclic) bond motifs is 3. The summed E-state index contributed by atoms with van der Waals surface area (Å²) in [6.45, 7) is 2.48. The highest BCUT2D eigenvalue weighted by atomic mass is 35.5. The summed E-state index contributed by atoms with van der Waals surface area (Å²) in [5, 5.41) is 17.3. The Morgan fingerprint density at radius 1 is 1.19 bits per heavy atom. The van der Waals surface area contributed by atoms with Crippen LogP contribution in [0.4, 0.5) is 18.9 Å². The minimum absolute atomic E-state index is 0.0116. The molecule has 1 aromatic carbocycles. The molecule has 1 saturated heterocycles. The summed E-state index contributed by atoms with van der Waals surface area (Å²) in [5.41, 5.74) is -0.280. The molecule has 7 rings (SSSR count). The molecule has 0 saturated carbocycles. The third kappa shape index (κ3) is 5.38. The molecular weight excluding hydrogens is 657 g/mol. The number of aryl methyl sites for hydroxylation is 1. The minimum atomic E-state index is -4.61. The number of hydrogen-bond donors (Lipinski definition) is 2. The first kappa shape index (κ1) is 31.8. The first-order valence-corrected chi connectivity index (χ1v) is 15.5. The van der Waals surface area contributed by atoms with Crippen LogP contribution in [0, 0.1) is 6.92 Å². The third-order valence-corrected chi connectivity index (χ3v) is 9.51.